The molecule has 132 valence electrons. The van der Waals surface area contributed by atoms with Gasteiger partial charge in [0.05, 0.1) is 19.3 Å². The lowest BCUT2D eigenvalue weighted by Gasteiger charge is -2.36. The Bertz CT molecular complexity index is 787. The maximum atomic E-state index is 13.2. The summed E-state index contributed by atoms with van der Waals surface area (Å²) in [4.78, 5) is 15.3. The molecule has 2 aliphatic rings. The number of aryl methyl sites for hydroxylation is 2. The van der Waals surface area contributed by atoms with Gasteiger partial charge in [0.1, 0.15) is 0 Å². The second-order valence-corrected chi connectivity index (χ2v) is 7.33. The number of benzene rings is 2. The molecule has 1 aliphatic carbocycles. The van der Waals surface area contributed by atoms with Gasteiger partial charge in [0.15, 0.2) is 5.78 Å². The highest BCUT2D eigenvalue weighted by atomic mass is 16.3. The number of carbonyl (C=O) groups is 1. The van der Waals surface area contributed by atoms with E-state index in [1.165, 1.54) is 16.5 Å². The van der Waals surface area contributed by atoms with Gasteiger partial charge < -0.3 is 10.2 Å². The van der Waals surface area contributed by atoms with Crippen LogP contribution in [0.25, 0.3) is 10.8 Å². The molecule has 1 heterocycles. The number of nitrogens with zero attached hydrogens (tertiary/aromatic N) is 1. The molecule has 1 atom stereocenters. The second-order valence-electron chi connectivity index (χ2n) is 7.33. The molecule has 25 heavy (non-hydrogen) atoms. The SMILES string of the molecule is O=C(c1ccc2c3c(cccc13)CC2)[C@@H]1CCCN(C(CO)CO)C1. The first-order valence-corrected chi connectivity index (χ1v) is 9.26. The second kappa shape index (κ2) is 6.87. The molecule has 1 saturated heterocycles. The number of carbonyl (C=O) groups excluding carboxylic acids is 1. The van der Waals surface area contributed by atoms with E-state index in [1.807, 2.05) is 6.07 Å². The van der Waals surface area contributed by atoms with Gasteiger partial charge in [-0.3, -0.25) is 9.69 Å². The number of rotatable bonds is 5. The summed E-state index contributed by atoms with van der Waals surface area (Å²) in [7, 11) is 0. The zero-order valence-corrected chi connectivity index (χ0v) is 14.4. The molecule has 2 aromatic carbocycles. The third kappa shape index (κ3) is 2.88. The van der Waals surface area contributed by atoms with Crippen LogP contribution in [0.5, 0.6) is 0 Å². The summed E-state index contributed by atoms with van der Waals surface area (Å²) < 4.78 is 0. The number of aliphatic hydroxyl groups is 2. The maximum Gasteiger partial charge on any atom is 0.167 e. The molecular formula is C21H25NO3. The Kier molecular flexibility index (Phi) is 4.59. The first-order valence-electron chi connectivity index (χ1n) is 9.26. The van der Waals surface area contributed by atoms with Crippen LogP contribution in [0, 0.1) is 5.92 Å². The lowest BCUT2D eigenvalue weighted by atomic mass is 9.86. The highest BCUT2D eigenvalue weighted by molar-refractivity contribution is 6.11. The van der Waals surface area contributed by atoms with Crippen molar-refractivity contribution in [1.82, 2.24) is 4.90 Å². The number of aliphatic hydroxyl groups excluding tert-OH is 2. The van der Waals surface area contributed by atoms with E-state index in [0.29, 0.717) is 6.54 Å². The summed E-state index contributed by atoms with van der Waals surface area (Å²) in [5.41, 5.74) is 3.54. The molecule has 0 aromatic heterocycles. The Morgan fingerprint density at radius 3 is 2.64 bits per heavy atom. The summed E-state index contributed by atoms with van der Waals surface area (Å²) in [5, 5.41) is 21.3. The Morgan fingerprint density at radius 1 is 1.12 bits per heavy atom. The van der Waals surface area contributed by atoms with Crippen molar-refractivity contribution in [2.24, 2.45) is 5.92 Å². The van der Waals surface area contributed by atoms with Crippen LogP contribution in [-0.2, 0) is 12.8 Å². The van der Waals surface area contributed by atoms with Crippen molar-refractivity contribution in [3.8, 4) is 0 Å². The summed E-state index contributed by atoms with van der Waals surface area (Å²) >= 11 is 0. The minimum absolute atomic E-state index is 0.0622. The highest BCUT2D eigenvalue weighted by Crippen LogP contribution is 2.34. The van der Waals surface area contributed by atoms with Crippen LogP contribution in [0.1, 0.15) is 34.3 Å². The maximum absolute atomic E-state index is 13.2. The molecule has 2 aromatic rings. The molecular weight excluding hydrogens is 314 g/mol. The fraction of sp³-hybridized carbons (Fsp3) is 0.476. The number of Topliss-reactive ketones (excluding diaryl/α,β-unsaturated/α-hetero) is 1. The Hall–Kier alpha value is -1.75. The van der Waals surface area contributed by atoms with Gasteiger partial charge in [0, 0.05) is 18.0 Å². The molecule has 0 spiro atoms. The number of piperidine rings is 1. The molecule has 0 unspecified atom stereocenters. The number of hydrogen-bond donors (Lipinski definition) is 2. The zero-order chi connectivity index (χ0) is 17.4. The minimum Gasteiger partial charge on any atom is -0.395 e. The van der Waals surface area contributed by atoms with Crippen LogP contribution >= 0.6 is 0 Å². The molecule has 1 aliphatic heterocycles. The van der Waals surface area contributed by atoms with Crippen LogP contribution in [0.15, 0.2) is 30.3 Å². The van der Waals surface area contributed by atoms with Gasteiger partial charge >= 0.3 is 0 Å². The average molecular weight is 339 g/mol. The highest BCUT2D eigenvalue weighted by Gasteiger charge is 2.31. The largest absolute Gasteiger partial charge is 0.395 e. The van der Waals surface area contributed by atoms with Crippen LogP contribution in [0.3, 0.4) is 0 Å². The van der Waals surface area contributed by atoms with Crippen LogP contribution < -0.4 is 0 Å². The van der Waals surface area contributed by atoms with Crippen molar-refractivity contribution >= 4 is 16.6 Å². The lowest BCUT2D eigenvalue weighted by Crippen LogP contribution is -2.47. The smallest absolute Gasteiger partial charge is 0.167 e. The predicted octanol–water partition coefficient (Wildman–Crippen LogP) is 2.19. The average Bonchev–Trinajstić information content (AvgIpc) is 3.08. The molecule has 4 heteroatoms. The molecule has 0 saturated carbocycles. The Morgan fingerprint density at radius 2 is 1.88 bits per heavy atom. The van der Waals surface area contributed by atoms with Crippen molar-refractivity contribution in [3.63, 3.8) is 0 Å². The van der Waals surface area contributed by atoms with E-state index >= 15 is 0 Å². The van der Waals surface area contributed by atoms with Gasteiger partial charge in [-0.05, 0) is 54.1 Å². The lowest BCUT2D eigenvalue weighted by molar-refractivity contribution is 0.0409. The number of likely N-dealkylation sites (tertiary alicyclic amines) is 1. The molecule has 4 rings (SSSR count). The third-order valence-corrected chi connectivity index (χ3v) is 5.90. The van der Waals surface area contributed by atoms with Crippen molar-refractivity contribution < 1.29 is 15.0 Å². The van der Waals surface area contributed by atoms with Gasteiger partial charge in [-0.25, -0.2) is 0 Å². The summed E-state index contributed by atoms with van der Waals surface area (Å²) in [6.45, 7) is 1.31. The normalized spacial score (nSPS) is 20.5. The van der Waals surface area contributed by atoms with Gasteiger partial charge in [-0.2, -0.15) is 0 Å². The molecule has 0 bridgehead atoms. The molecule has 4 nitrogen and oxygen atoms in total. The topological polar surface area (TPSA) is 60.8 Å². The first kappa shape index (κ1) is 16.7. The minimum atomic E-state index is -0.261. The van der Waals surface area contributed by atoms with Gasteiger partial charge in [0.2, 0.25) is 0 Å². The van der Waals surface area contributed by atoms with E-state index in [4.69, 9.17) is 0 Å². The van der Waals surface area contributed by atoms with Gasteiger partial charge in [-0.15, -0.1) is 0 Å². The Balaban J connectivity index is 1.64. The molecule has 0 amide bonds. The summed E-state index contributed by atoms with van der Waals surface area (Å²) in [6, 6.07) is 10.2. The summed E-state index contributed by atoms with van der Waals surface area (Å²) in [6.07, 6.45) is 3.93. The van der Waals surface area contributed by atoms with Gasteiger partial charge in [0.25, 0.3) is 0 Å². The van der Waals surface area contributed by atoms with E-state index in [0.717, 1.165) is 43.2 Å². The van der Waals surface area contributed by atoms with Crippen molar-refractivity contribution in [2.75, 3.05) is 26.3 Å². The van der Waals surface area contributed by atoms with E-state index < -0.39 is 0 Å². The number of hydrogen-bond acceptors (Lipinski definition) is 4. The van der Waals surface area contributed by atoms with E-state index in [-0.39, 0.29) is 31.0 Å². The van der Waals surface area contributed by atoms with E-state index in [9.17, 15) is 15.0 Å². The van der Waals surface area contributed by atoms with Crippen LogP contribution in [0.2, 0.25) is 0 Å². The van der Waals surface area contributed by atoms with E-state index in [1.54, 1.807) is 0 Å². The van der Waals surface area contributed by atoms with E-state index in [2.05, 4.69) is 29.2 Å². The quantitative estimate of drug-likeness (QED) is 0.820. The predicted molar refractivity (Wildman–Crippen MR) is 97.9 cm³/mol. The Labute approximate surface area is 148 Å². The monoisotopic (exact) mass is 339 g/mol. The molecule has 0 radical (unpaired) electrons. The number of ketones is 1. The van der Waals surface area contributed by atoms with Crippen molar-refractivity contribution in [1.29, 1.82) is 0 Å². The molecule has 1 fully saturated rings. The van der Waals surface area contributed by atoms with Crippen LogP contribution in [-0.4, -0.2) is 53.2 Å². The van der Waals surface area contributed by atoms with Crippen LogP contribution in [0.4, 0.5) is 0 Å². The van der Waals surface area contributed by atoms with Crippen molar-refractivity contribution in [3.05, 3.63) is 47.0 Å². The zero-order valence-electron chi connectivity index (χ0n) is 14.4. The van der Waals surface area contributed by atoms with Crippen molar-refractivity contribution in [2.45, 2.75) is 31.7 Å². The summed E-state index contributed by atoms with van der Waals surface area (Å²) in [5.74, 6) is 0.141. The fourth-order valence-electron chi connectivity index (χ4n) is 4.52. The fourth-order valence-corrected chi connectivity index (χ4v) is 4.52. The standard InChI is InChI=1S/C21H25NO3/c23-12-17(13-24)22-10-2-4-16(11-22)21(25)19-9-8-15-7-6-14-3-1-5-18(19)20(14)15/h1,3,5,8-9,16-17,23-24H,2,4,6-7,10-13H2/t16-/m1/s1. The molecule has 2 N–H and O–H groups in total. The van der Waals surface area contributed by atoms with Gasteiger partial charge in [-0.1, -0.05) is 30.3 Å². The third-order valence-electron chi connectivity index (χ3n) is 5.90. The first-order chi connectivity index (χ1) is 12.2.